The van der Waals surface area contributed by atoms with Crippen molar-refractivity contribution in [2.75, 3.05) is 25.0 Å². The highest BCUT2D eigenvalue weighted by Crippen LogP contribution is 2.26. The van der Waals surface area contributed by atoms with Crippen molar-refractivity contribution in [1.82, 2.24) is 4.90 Å². The zero-order valence-corrected chi connectivity index (χ0v) is 18.1. The van der Waals surface area contributed by atoms with Crippen molar-refractivity contribution in [3.05, 3.63) is 60.2 Å². The van der Waals surface area contributed by atoms with Gasteiger partial charge in [0.1, 0.15) is 5.75 Å². The zero-order chi connectivity index (χ0) is 21.9. The van der Waals surface area contributed by atoms with Gasteiger partial charge in [-0.15, -0.1) is 0 Å². The van der Waals surface area contributed by atoms with Gasteiger partial charge in [0, 0.05) is 24.7 Å². The number of nitrogens with two attached hydrogens (primary N) is 1. The number of para-hydroxylation sites is 1. The Labute approximate surface area is 184 Å². The average molecular weight is 424 g/mol. The minimum absolute atomic E-state index is 0.0471. The fraction of sp³-hybridized carbons (Fsp3) is 0.440. The normalized spacial score (nSPS) is 14.1. The van der Waals surface area contributed by atoms with Gasteiger partial charge in [-0.05, 0) is 55.6 Å². The molecule has 1 aliphatic rings. The third-order valence-electron chi connectivity index (χ3n) is 5.62. The van der Waals surface area contributed by atoms with E-state index in [0.29, 0.717) is 31.1 Å². The van der Waals surface area contributed by atoms with Crippen LogP contribution in [0.3, 0.4) is 0 Å². The number of hydrogen-bond acceptors (Lipinski definition) is 4. The van der Waals surface area contributed by atoms with E-state index in [1.807, 2.05) is 59.5 Å². The third kappa shape index (κ3) is 7.40. The summed E-state index contributed by atoms with van der Waals surface area (Å²) in [6.45, 7) is 1.78. The Bertz CT molecular complexity index is 818. The van der Waals surface area contributed by atoms with Gasteiger partial charge in [-0.2, -0.15) is 0 Å². The molecule has 0 unspecified atom stereocenters. The van der Waals surface area contributed by atoms with E-state index in [-0.39, 0.29) is 24.3 Å². The van der Waals surface area contributed by atoms with Crippen LogP contribution in [0, 0.1) is 5.92 Å². The summed E-state index contributed by atoms with van der Waals surface area (Å²) >= 11 is 0. The molecule has 1 aliphatic carbocycles. The van der Waals surface area contributed by atoms with Crippen molar-refractivity contribution in [1.29, 1.82) is 0 Å². The Morgan fingerprint density at radius 2 is 1.71 bits per heavy atom. The van der Waals surface area contributed by atoms with Crippen LogP contribution in [0.15, 0.2) is 54.6 Å². The van der Waals surface area contributed by atoms with Crippen molar-refractivity contribution in [2.24, 2.45) is 11.7 Å². The molecule has 2 aromatic carbocycles. The van der Waals surface area contributed by atoms with E-state index in [2.05, 4.69) is 5.32 Å². The molecule has 6 nitrogen and oxygen atoms in total. The molecule has 0 atom stereocenters. The number of carbonyl (C=O) groups is 2. The van der Waals surface area contributed by atoms with Gasteiger partial charge < -0.3 is 20.7 Å². The van der Waals surface area contributed by atoms with E-state index in [0.717, 1.165) is 37.7 Å². The van der Waals surface area contributed by atoms with Crippen molar-refractivity contribution >= 4 is 17.5 Å². The molecular weight excluding hydrogens is 390 g/mol. The van der Waals surface area contributed by atoms with Gasteiger partial charge in [0.05, 0.1) is 0 Å². The molecule has 0 heterocycles. The lowest BCUT2D eigenvalue weighted by atomic mass is 9.88. The molecule has 1 fully saturated rings. The Morgan fingerprint density at radius 3 is 2.39 bits per heavy atom. The molecule has 0 saturated heterocycles. The van der Waals surface area contributed by atoms with Crippen LogP contribution in [0.5, 0.6) is 5.75 Å². The van der Waals surface area contributed by atoms with Crippen molar-refractivity contribution in [3.8, 4) is 5.75 Å². The summed E-state index contributed by atoms with van der Waals surface area (Å²) in [5, 5.41) is 2.84. The number of amides is 2. The molecule has 1 saturated carbocycles. The molecular formula is C25H33N3O3. The summed E-state index contributed by atoms with van der Waals surface area (Å²) in [6.07, 6.45) is 6.30. The van der Waals surface area contributed by atoms with Gasteiger partial charge in [0.15, 0.2) is 6.61 Å². The predicted molar refractivity (Wildman–Crippen MR) is 123 cm³/mol. The molecule has 166 valence electrons. The van der Waals surface area contributed by atoms with Gasteiger partial charge >= 0.3 is 0 Å². The fourth-order valence-electron chi connectivity index (χ4n) is 3.93. The first-order valence-corrected chi connectivity index (χ1v) is 11.2. The first-order chi connectivity index (χ1) is 15.2. The molecule has 0 radical (unpaired) electrons. The van der Waals surface area contributed by atoms with Crippen LogP contribution >= 0.6 is 0 Å². The van der Waals surface area contributed by atoms with E-state index in [9.17, 15) is 9.59 Å². The van der Waals surface area contributed by atoms with E-state index in [1.165, 1.54) is 6.42 Å². The summed E-state index contributed by atoms with van der Waals surface area (Å²) in [6, 6.07) is 16.9. The van der Waals surface area contributed by atoms with E-state index in [4.69, 9.17) is 10.5 Å². The second kappa shape index (κ2) is 12.1. The fourth-order valence-corrected chi connectivity index (χ4v) is 3.93. The Hall–Kier alpha value is -2.86. The maximum atomic E-state index is 13.0. The molecule has 0 aliphatic heterocycles. The van der Waals surface area contributed by atoms with Gasteiger partial charge in [-0.3, -0.25) is 9.59 Å². The van der Waals surface area contributed by atoms with Gasteiger partial charge in [-0.25, -0.2) is 0 Å². The first kappa shape index (κ1) is 22.8. The minimum atomic E-state index is -0.214. The van der Waals surface area contributed by atoms with E-state index < -0.39 is 0 Å². The second-order valence-corrected chi connectivity index (χ2v) is 8.08. The molecule has 0 bridgehead atoms. The number of benzene rings is 2. The Kier molecular flexibility index (Phi) is 8.91. The summed E-state index contributed by atoms with van der Waals surface area (Å²) in [7, 11) is 0. The van der Waals surface area contributed by atoms with Crippen LogP contribution in [-0.4, -0.2) is 36.4 Å². The molecule has 6 heteroatoms. The van der Waals surface area contributed by atoms with Crippen LogP contribution in [0.25, 0.3) is 0 Å². The summed E-state index contributed by atoms with van der Waals surface area (Å²) in [5.41, 5.74) is 7.44. The van der Waals surface area contributed by atoms with Crippen LogP contribution in [0.1, 0.15) is 44.1 Å². The predicted octanol–water partition coefficient (Wildman–Crippen LogP) is 3.96. The van der Waals surface area contributed by atoms with E-state index >= 15 is 0 Å². The smallest absolute Gasteiger partial charge is 0.262 e. The monoisotopic (exact) mass is 423 g/mol. The summed E-state index contributed by atoms with van der Waals surface area (Å²) < 4.78 is 5.47. The molecule has 31 heavy (non-hydrogen) atoms. The maximum Gasteiger partial charge on any atom is 0.262 e. The SMILES string of the molecule is NCCCN(Cc1ccc(NC(=O)COc2ccccc2)cc1)C(=O)C1CCCCC1. The van der Waals surface area contributed by atoms with Crippen LogP contribution < -0.4 is 15.8 Å². The van der Waals surface area contributed by atoms with Crippen LogP contribution in [0.2, 0.25) is 0 Å². The summed E-state index contributed by atoms with van der Waals surface area (Å²) in [4.78, 5) is 27.1. The third-order valence-corrected chi connectivity index (χ3v) is 5.62. The molecule has 0 spiro atoms. The molecule has 3 N–H and O–H groups in total. The quantitative estimate of drug-likeness (QED) is 0.606. The number of ether oxygens (including phenoxy) is 1. The van der Waals surface area contributed by atoms with Crippen LogP contribution in [0.4, 0.5) is 5.69 Å². The summed E-state index contributed by atoms with van der Waals surface area (Å²) in [5.74, 6) is 0.847. The number of rotatable bonds is 10. The lowest BCUT2D eigenvalue weighted by molar-refractivity contribution is -0.137. The lowest BCUT2D eigenvalue weighted by Gasteiger charge is -2.29. The highest BCUT2D eigenvalue weighted by Gasteiger charge is 2.25. The van der Waals surface area contributed by atoms with Gasteiger partial charge in [-0.1, -0.05) is 49.6 Å². The lowest BCUT2D eigenvalue weighted by Crippen LogP contribution is -2.37. The Morgan fingerprint density at radius 1 is 1.00 bits per heavy atom. The number of anilines is 1. The van der Waals surface area contributed by atoms with Crippen molar-refractivity contribution in [2.45, 2.75) is 45.1 Å². The minimum Gasteiger partial charge on any atom is -0.484 e. The molecule has 2 aromatic rings. The van der Waals surface area contributed by atoms with Crippen LogP contribution in [-0.2, 0) is 16.1 Å². The zero-order valence-electron chi connectivity index (χ0n) is 18.1. The maximum absolute atomic E-state index is 13.0. The highest BCUT2D eigenvalue weighted by atomic mass is 16.5. The second-order valence-electron chi connectivity index (χ2n) is 8.08. The average Bonchev–Trinajstić information content (AvgIpc) is 2.82. The Balaban J connectivity index is 1.53. The topological polar surface area (TPSA) is 84.7 Å². The highest BCUT2D eigenvalue weighted by molar-refractivity contribution is 5.91. The first-order valence-electron chi connectivity index (χ1n) is 11.2. The largest absolute Gasteiger partial charge is 0.484 e. The number of hydrogen-bond donors (Lipinski definition) is 2. The number of nitrogens with zero attached hydrogens (tertiary/aromatic N) is 1. The van der Waals surface area contributed by atoms with Crippen molar-refractivity contribution in [3.63, 3.8) is 0 Å². The number of carbonyl (C=O) groups excluding carboxylic acids is 2. The molecule has 0 aromatic heterocycles. The van der Waals surface area contributed by atoms with E-state index in [1.54, 1.807) is 0 Å². The molecule has 3 rings (SSSR count). The standard InChI is InChI=1S/C25H33N3O3/c26-16-7-17-28(25(30)21-8-3-1-4-9-21)18-20-12-14-22(15-13-20)27-24(29)19-31-23-10-5-2-6-11-23/h2,5-6,10-15,21H,1,3-4,7-9,16-19,26H2,(H,27,29). The van der Waals surface area contributed by atoms with Gasteiger partial charge in [0.25, 0.3) is 5.91 Å². The van der Waals surface area contributed by atoms with Gasteiger partial charge in [0.2, 0.25) is 5.91 Å². The molecule has 2 amide bonds. The number of nitrogens with one attached hydrogen (secondary N) is 1. The van der Waals surface area contributed by atoms with Crippen molar-refractivity contribution < 1.29 is 14.3 Å².